The van der Waals surface area contributed by atoms with Crippen molar-refractivity contribution in [2.75, 3.05) is 66.8 Å². The van der Waals surface area contributed by atoms with E-state index in [4.69, 9.17) is 18.9 Å². The maximum atomic E-state index is 14.2. The molecule has 7 heteroatoms. The van der Waals surface area contributed by atoms with Crippen molar-refractivity contribution in [3.63, 3.8) is 0 Å². The molecule has 0 N–H and O–H groups in total. The summed E-state index contributed by atoms with van der Waals surface area (Å²) in [5.74, 6) is 1.24. The van der Waals surface area contributed by atoms with Gasteiger partial charge in [0.15, 0.2) is 5.78 Å². The predicted molar refractivity (Wildman–Crippen MR) is 122 cm³/mol. The van der Waals surface area contributed by atoms with Crippen LogP contribution in [0.4, 0.5) is 0 Å². The largest absolute Gasteiger partial charge is 0.497 e. The van der Waals surface area contributed by atoms with Gasteiger partial charge < -0.3 is 18.9 Å². The summed E-state index contributed by atoms with van der Waals surface area (Å²) in [5.41, 5.74) is 1.70. The molecule has 0 spiro atoms. The topological polar surface area (TPSA) is 60.5 Å². The quantitative estimate of drug-likeness (QED) is 0.585. The van der Waals surface area contributed by atoms with Crippen LogP contribution in [0.15, 0.2) is 48.5 Å². The average Bonchev–Trinajstić information content (AvgIpc) is 2.88. The summed E-state index contributed by atoms with van der Waals surface area (Å²) in [6, 6.07) is 15.3. The number of ether oxygens (including phenoxy) is 4. The van der Waals surface area contributed by atoms with Crippen LogP contribution in [0.3, 0.4) is 0 Å². The van der Waals surface area contributed by atoms with E-state index in [2.05, 4.69) is 21.9 Å². The number of carbonyl (C=O) groups excluding carboxylic acids is 1. The maximum absolute atomic E-state index is 14.2. The van der Waals surface area contributed by atoms with Crippen LogP contribution in [-0.4, -0.2) is 88.5 Å². The molecule has 32 heavy (non-hydrogen) atoms. The van der Waals surface area contributed by atoms with Crippen LogP contribution in [0.1, 0.15) is 22.0 Å². The van der Waals surface area contributed by atoms with Gasteiger partial charge in [-0.25, -0.2) is 0 Å². The highest BCUT2D eigenvalue weighted by molar-refractivity contribution is 6.03. The minimum atomic E-state index is -0.373. The molecule has 2 aliphatic rings. The molecule has 2 aromatic rings. The Kier molecular flexibility index (Phi) is 7.76. The van der Waals surface area contributed by atoms with Crippen molar-refractivity contribution in [2.24, 2.45) is 0 Å². The lowest BCUT2D eigenvalue weighted by atomic mass is 9.89. The summed E-state index contributed by atoms with van der Waals surface area (Å²) in [4.78, 5) is 18.9. The van der Waals surface area contributed by atoms with E-state index in [-0.39, 0.29) is 17.9 Å². The summed E-state index contributed by atoms with van der Waals surface area (Å²) in [6.45, 7) is 5.56. The van der Waals surface area contributed by atoms with Gasteiger partial charge in [0.25, 0.3) is 0 Å². The van der Waals surface area contributed by atoms with Crippen LogP contribution >= 0.6 is 0 Å². The molecule has 7 nitrogen and oxygen atoms in total. The fourth-order valence-electron chi connectivity index (χ4n) is 4.62. The Labute approximate surface area is 189 Å². The lowest BCUT2D eigenvalue weighted by Crippen LogP contribution is -2.55. The normalized spacial score (nSPS) is 19.8. The van der Waals surface area contributed by atoms with E-state index < -0.39 is 0 Å². The third-order valence-corrected chi connectivity index (χ3v) is 6.26. The van der Waals surface area contributed by atoms with Gasteiger partial charge in [0, 0.05) is 32.2 Å². The number of ketones is 1. The van der Waals surface area contributed by atoms with E-state index in [1.54, 1.807) is 20.3 Å². The SMILES string of the molecule is COc1ccc(C(=O)[C@@H]([C@@H](c2ccccc2)N2CCOCC2)N2CCOCC2)c(OC)c1. The Morgan fingerprint density at radius 1 is 0.844 bits per heavy atom. The number of rotatable bonds is 8. The fourth-order valence-corrected chi connectivity index (χ4v) is 4.62. The molecule has 2 atom stereocenters. The zero-order chi connectivity index (χ0) is 22.3. The van der Waals surface area contributed by atoms with Gasteiger partial charge in [-0.3, -0.25) is 14.6 Å². The van der Waals surface area contributed by atoms with E-state index in [1.807, 2.05) is 30.3 Å². The molecule has 0 radical (unpaired) electrons. The van der Waals surface area contributed by atoms with Gasteiger partial charge in [0.05, 0.1) is 58.3 Å². The van der Waals surface area contributed by atoms with Gasteiger partial charge in [-0.05, 0) is 17.7 Å². The first-order valence-corrected chi connectivity index (χ1v) is 11.2. The van der Waals surface area contributed by atoms with Crippen LogP contribution < -0.4 is 9.47 Å². The number of benzene rings is 2. The van der Waals surface area contributed by atoms with Crippen molar-refractivity contribution >= 4 is 5.78 Å². The fraction of sp³-hybridized carbons (Fsp3) is 0.480. The second-order valence-corrected chi connectivity index (χ2v) is 8.03. The number of hydrogen-bond donors (Lipinski definition) is 0. The molecule has 172 valence electrons. The first-order chi connectivity index (χ1) is 15.7. The van der Waals surface area contributed by atoms with Crippen molar-refractivity contribution in [3.05, 3.63) is 59.7 Å². The molecule has 0 aliphatic carbocycles. The molecule has 0 bridgehead atoms. The molecule has 0 aromatic heterocycles. The van der Waals surface area contributed by atoms with Crippen molar-refractivity contribution in [1.82, 2.24) is 9.80 Å². The minimum absolute atomic E-state index is 0.0479. The van der Waals surface area contributed by atoms with Gasteiger partial charge >= 0.3 is 0 Å². The first kappa shape index (κ1) is 22.7. The van der Waals surface area contributed by atoms with Crippen molar-refractivity contribution in [1.29, 1.82) is 0 Å². The molecule has 4 rings (SSSR count). The van der Waals surface area contributed by atoms with Crippen LogP contribution in [0.25, 0.3) is 0 Å². The van der Waals surface area contributed by atoms with E-state index in [0.717, 1.165) is 18.7 Å². The Balaban J connectivity index is 1.78. The zero-order valence-electron chi connectivity index (χ0n) is 18.9. The average molecular weight is 441 g/mol. The Hall–Kier alpha value is -2.45. The van der Waals surface area contributed by atoms with E-state index in [1.165, 1.54) is 0 Å². The molecule has 0 unspecified atom stereocenters. The Bertz CT molecular complexity index is 879. The molecular weight excluding hydrogens is 408 g/mol. The third kappa shape index (κ3) is 4.96. The van der Waals surface area contributed by atoms with Crippen LogP contribution in [-0.2, 0) is 9.47 Å². The predicted octanol–water partition coefficient (Wildman–Crippen LogP) is 2.66. The van der Waals surface area contributed by atoms with E-state index in [9.17, 15) is 4.79 Å². The van der Waals surface area contributed by atoms with Crippen molar-refractivity contribution < 1.29 is 23.7 Å². The Morgan fingerprint density at radius 3 is 2.06 bits per heavy atom. The smallest absolute Gasteiger partial charge is 0.185 e. The highest BCUT2D eigenvalue weighted by Gasteiger charge is 2.40. The summed E-state index contributed by atoms with van der Waals surface area (Å²) < 4.78 is 22.2. The highest BCUT2D eigenvalue weighted by Crippen LogP contribution is 2.34. The summed E-state index contributed by atoms with van der Waals surface area (Å²) in [5, 5.41) is 0. The Morgan fingerprint density at radius 2 is 1.47 bits per heavy atom. The lowest BCUT2D eigenvalue weighted by Gasteiger charge is -2.44. The molecule has 2 saturated heterocycles. The van der Waals surface area contributed by atoms with Gasteiger partial charge in [0.2, 0.25) is 0 Å². The summed E-state index contributed by atoms with van der Waals surface area (Å²) in [6.07, 6.45) is 0. The van der Waals surface area contributed by atoms with Crippen molar-refractivity contribution in [2.45, 2.75) is 12.1 Å². The third-order valence-electron chi connectivity index (χ3n) is 6.26. The molecule has 0 saturated carbocycles. The van der Waals surface area contributed by atoms with Gasteiger partial charge in [-0.15, -0.1) is 0 Å². The standard InChI is InChI=1S/C25H32N2O5/c1-29-20-8-9-21(22(18-20)30-2)25(28)24(27-12-16-32-17-13-27)23(19-6-4-3-5-7-19)26-10-14-31-15-11-26/h3-9,18,23-24H,10-17H2,1-2H3/t23-,24-/m1/s1. The molecule has 0 amide bonds. The molecular formula is C25H32N2O5. The molecule has 2 aromatic carbocycles. The number of carbonyl (C=O) groups is 1. The second kappa shape index (κ2) is 10.9. The van der Waals surface area contributed by atoms with Crippen LogP contribution in [0.2, 0.25) is 0 Å². The molecule has 2 heterocycles. The first-order valence-electron chi connectivity index (χ1n) is 11.2. The maximum Gasteiger partial charge on any atom is 0.185 e. The van der Waals surface area contributed by atoms with Gasteiger partial charge in [-0.2, -0.15) is 0 Å². The van der Waals surface area contributed by atoms with Crippen LogP contribution in [0.5, 0.6) is 11.5 Å². The van der Waals surface area contributed by atoms with Crippen molar-refractivity contribution in [3.8, 4) is 11.5 Å². The summed E-state index contributed by atoms with van der Waals surface area (Å²) >= 11 is 0. The highest BCUT2D eigenvalue weighted by atomic mass is 16.5. The summed E-state index contributed by atoms with van der Waals surface area (Å²) in [7, 11) is 3.20. The van der Waals surface area contributed by atoms with Gasteiger partial charge in [0.1, 0.15) is 11.5 Å². The second-order valence-electron chi connectivity index (χ2n) is 8.03. The number of methoxy groups -OCH3 is 2. The zero-order valence-corrected chi connectivity index (χ0v) is 18.9. The van der Waals surface area contributed by atoms with Crippen LogP contribution in [0, 0.1) is 0 Å². The number of hydrogen-bond acceptors (Lipinski definition) is 7. The van der Waals surface area contributed by atoms with Gasteiger partial charge in [-0.1, -0.05) is 30.3 Å². The lowest BCUT2D eigenvalue weighted by molar-refractivity contribution is -0.0302. The van der Waals surface area contributed by atoms with E-state index in [0.29, 0.717) is 56.6 Å². The monoisotopic (exact) mass is 440 g/mol. The number of nitrogens with zero attached hydrogens (tertiary/aromatic N) is 2. The van der Waals surface area contributed by atoms with E-state index >= 15 is 0 Å². The molecule has 2 aliphatic heterocycles. The molecule has 2 fully saturated rings. The minimum Gasteiger partial charge on any atom is -0.497 e. The number of Topliss-reactive ketones (excluding diaryl/α,β-unsaturated/α-hetero) is 1. The number of morpholine rings is 2.